The lowest BCUT2D eigenvalue weighted by molar-refractivity contribution is 0.104. The normalized spacial score (nSPS) is 18.8. The summed E-state index contributed by atoms with van der Waals surface area (Å²) in [5, 5.41) is 12.3. The van der Waals surface area contributed by atoms with Crippen molar-refractivity contribution >= 4 is 0 Å². The second-order valence-electron chi connectivity index (χ2n) is 4.02. The third kappa shape index (κ3) is 2.06. The third-order valence-electron chi connectivity index (χ3n) is 2.99. The van der Waals surface area contributed by atoms with E-state index < -0.39 is 0 Å². The van der Waals surface area contributed by atoms with Crippen molar-refractivity contribution in [3.63, 3.8) is 0 Å². The maximum absolute atomic E-state index is 12.8. The fourth-order valence-corrected chi connectivity index (χ4v) is 1.92. The van der Waals surface area contributed by atoms with Crippen molar-refractivity contribution in [2.75, 3.05) is 20.1 Å². The van der Waals surface area contributed by atoms with Crippen LogP contribution in [0.5, 0.6) is 0 Å². The molecule has 1 fully saturated rings. The lowest BCUT2D eigenvalue weighted by Gasteiger charge is -2.41. The first-order chi connectivity index (χ1) is 7.74. The molecule has 3 nitrogen and oxygen atoms in total. The molecule has 0 aliphatic carbocycles. The van der Waals surface area contributed by atoms with Gasteiger partial charge in [-0.25, -0.2) is 4.39 Å². The van der Waals surface area contributed by atoms with Crippen LogP contribution in [0.3, 0.4) is 0 Å². The average molecular weight is 219 g/mol. The van der Waals surface area contributed by atoms with Crippen LogP contribution in [0.25, 0.3) is 0 Å². The van der Waals surface area contributed by atoms with Gasteiger partial charge in [-0.1, -0.05) is 12.1 Å². The fourth-order valence-electron chi connectivity index (χ4n) is 1.92. The summed E-state index contributed by atoms with van der Waals surface area (Å²) in [6, 6.07) is 8.62. The highest BCUT2D eigenvalue weighted by Gasteiger charge is 2.32. The maximum Gasteiger partial charge on any atom is 0.123 e. The van der Waals surface area contributed by atoms with E-state index in [0.717, 1.165) is 18.7 Å². The van der Waals surface area contributed by atoms with Gasteiger partial charge >= 0.3 is 0 Å². The predicted octanol–water partition coefficient (Wildman–Crippen LogP) is 1.29. The number of benzene rings is 1. The van der Waals surface area contributed by atoms with Crippen LogP contribution < -0.4 is 5.32 Å². The molecule has 1 heterocycles. The summed E-state index contributed by atoms with van der Waals surface area (Å²) in [6.45, 7) is 1.73. The van der Waals surface area contributed by atoms with Crippen LogP contribution in [0.15, 0.2) is 24.3 Å². The monoisotopic (exact) mass is 219 g/mol. The van der Waals surface area contributed by atoms with E-state index in [9.17, 15) is 4.39 Å². The molecule has 0 amide bonds. The molecular formula is C12H14FN3. The van der Waals surface area contributed by atoms with Gasteiger partial charge < -0.3 is 5.32 Å². The molecule has 16 heavy (non-hydrogen) atoms. The smallest absolute Gasteiger partial charge is 0.123 e. The Balaban J connectivity index is 2.07. The molecule has 4 heteroatoms. The third-order valence-corrected chi connectivity index (χ3v) is 2.99. The van der Waals surface area contributed by atoms with Crippen molar-refractivity contribution in [1.82, 2.24) is 10.2 Å². The van der Waals surface area contributed by atoms with E-state index in [1.54, 1.807) is 12.1 Å². The number of nitrogens with one attached hydrogen (secondary N) is 1. The number of hydrogen-bond donors (Lipinski definition) is 1. The van der Waals surface area contributed by atoms with Gasteiger partial charge in [-0.2, -0.15) is 5.26 Å². The Morgan fingerprint density at radius 3 is 2.56 bits per heavy atom. The van der Waals surface area contributed by atoms with Crippen LogP contribution in [0.1, 0.15) is 11.6 Å². The van der Waals surface area contributed by atoms with E-state index in [2.05, 4.69) is 16.3 Å². The Morgan fingerprint density at radius 1 is 1.44 bits per heavy atom. The minimum Gasteiger partial charge on any atom is -0.315 e. The molecule has 1 aliphatic heterocycles. The minimum atomic E-state index is -0.267. The first-order valence-electron chi connectivity index (χ1n) is 5.31. The number of hydrogen-bond acceptors (Lipinski definition) is 3. The highest BCUT2D eigenvalue weighted by Crippen LogP contribution is 2.25. The number of nitriles is 1. The van der Waals surface area contributed by atoms with Gasteiger partial charge in [-0.3, -0.25) is 4.90 Å². The molecule has 0 spiro atoms. The summed E-state index contributed by atoms with van der Waals surface area (Å²) in [5.41, 5.74) is 0.860. The first kappa shape index (κ1) is 11.1. The van der Waals surface area contributed by atoms with Crippen molar-refractivity contribution in [1.29, 1.82) is 5.26 Å². The zero-order valence-electron chi connectivity index (χ0n) is 9.15. The molecular weight excluding hydrogens is 205 g/mol. The predicted molar refractivity (Wildman–Crippen MR) is 59.2 cm³/mol. The average Bonchev–Trinajstić information content (AvgIpc) is 2.24. The standard InChI is InChI=1S/C12H14FN3/c1-15-11-7-16(8-11)12(6-14)9-2-4-10(13)5-3-9/h2-5,11-12,15H,7-8H2,1H3/t12-/m0/s1. The zero-order valence-corrected chi connectivity index (χ0v) is 9.15. The molecule has 2 rings (SSSR count). The molecule has 0 bridgehead atoms. The molecule has 0 aromatic heterocycles. The van der Waals surface area contributed by atoms with E-state index >= 15 is 0 Å². The topological polar surface area (TPSA) is 39.1 Å². The fraction of sp³-hybridized carbons (Fsp3) is 0.417. The Morgan fingerprint density at radius 2 is 2.06 bits per heavy atom. The largest absolute Gasteiger partial charge is 0.315 e. The number of likely N-dealkylation sites (N-methyl/N-ethyl adjacent to an activating group) is 1. The lowest BCUT2D eigenvalue weighted by atomic mass is 10.0. The van der Waals surface area contributed by atoms with Crippen LogP contribution >= 0.6 is 0 Å². The van der Waals surface area contributed by atoms with Gasteiger partial charge in [0.25, 0.3) is 0 Å². The Bertz CT molecular complexity index is 390. The van der Waals surface area contributed by atoms with Crippen LogP contribution in [-0.4, -0.2) is 31.1 Å². The Kier molecular flexibility index (Phi) is 3.18. The SMILES string of the molecule is CNC1CN([C@@H](C#N)c2ccc(F)cc2)C1. The molecule has 84 valence electrons. The van der Waals surface area contributed by atoms with Gasteiger partial charge in [0.1, 0.15) is 11.9 Å². The summed E-state index contributed by atoms with van der Waals surface area (Å²) in [7, 11) is 1.92. The summed E-state index contributed by atoms with van der Waals surface area (Å²) in [5.74, 6) is -0.267. The van der Waals surface area contributed by atoms with E-state index in [-0.39, 0.29) is 11.9 Å². The molecule has 1 aromatic rings. The van der Waals surface area contributed by atoms with Gasteiger partial charge in [0.2, 0.25) is 0 Å². The van der Waals surface area contributed by atoms with Crippen molar-refractivity contribution < 1.29 is 4.39 Å². The number of likely N-dealkylation sites (tertiary alicyclic amines) is 1. The highest BCUT2D eigenvalue weighted by molar-refractivity contribution is 5.25. The summed E-state index contributed by atoms with van der Waals surface area (Å²) >= 11 is 0. The van der Waals surface area contributed by atoms with Crippen molar-refractivity contribution in [3.8, 4) is 6.07 Å². The lowest BCUT2D eigenvalue weighted by Crippen LogP contribution is -2.57. The molecule has 1 aromatic carbocycles. The quantitative estimate of drug-likeness (QED) is 0.832. The molecule has 0 radical (unpaired) electrons. The molecule has 0 unspecified atom stereocenters. The number of halogens is 1. The van der Waals surface area contributed by atoms with Gasteiger partial charge in [0.15, 0.2) is 0 Å². The van der Waals surface area contributed by atoms with Gasteiger partial charge in [0.05, 0.1) is 6.07 Å². The van der Waals surface area contributed by atoms with E-state index in [1.807, 2.05) is 7.05 Å². The van der Waals surface area contributed by atoms with Gasteiger partial charge in [-0.15, -0.1) is 0 Å². The molecule has 1 aliphatic rings. The van der Waals surface area contributed by atoms with Crippen molar-refractivity contribution in [2.24, 2.45) is 0 Å². The zero-order chi connectivity index (χ0) is 11.5. The maximum atomic E-state index is 12.8. The Hall–Kier alpha value is -1.44. The van der Waals surface area contributed by atoms with E-state index in [0.29, 0.717) is 6.04 Å². The summed E-state index contributed by atoms with van der Waals surface area (Å²) in [4.78, 5) is 2.08. The number of rotatable bonds is 3. The molecule has 0 saturated carbocycles. The van der Waals surface area contributed by atoms with Crippen molar-refractivity contribution in [2.45, 2.75) is 12.1 Å². The van der Waals surface area contributed by atoms with Crippen LogP contribution in [0.2, 0.25) is 0 Å². The molecule has 1 saturated heterocycles. The second-order valence-corrected chi connectivity index (χ2v) is 4.02. The Labute approximate surface area is 94.5 Å². The van der Waals surface area contributed by atoms with Crippen molar-refractivity contribution in [3.05, 3.63) is 35.6 Å². The molecule has 1 atom stereocenters. The highest BCUT2D eigenvalue weighted by atomic mass is 19.1. The van der Waals surface area contributed by atoms with Crippen LogP contribution in [0.4, 0.5) is 4.39 Å². The van der Waals surface area contributed by atoms with Gasteiger partial charge in [-0.05, 0) is 24.7 Å². The van der Waals surface area contributed by atoms with Gasteiger partial charge in [0, 0.05) is 19.1 Å². The van der Waals surface area contributed by atoms with E-state index in [1.165, 1.54) is 12.1 Å². The molecule has 1 N–H and O–H groups in total. The minimum absolute atomic E-state index is 0.259. The van der Waals surface area contributed by atoms with E-state index in [4.69, 9.17) is 5.26 Å². The number of nitrogens with zero attached hydrogens (tertiary/aromatic N) is 2. The van der Waals surface area contributed by atoms with Crippen LogP contribution in [0, 0.1) is 17.1 Å². The second kappa shape index (κ2) is 4.60. The first-order valence-corrected chi connectivity index (χ1v) is 5.31. The summed E-state index contributed by atoms with van der Waals surface area (Å²) < 4.78 is 12.8. The summed E-state index contributed by atoms with van der Waals surface area (Å²) in [6.07, 6.45) is 0. The van der Waals surface area contributed by atoms with Crippen LogP contribution in [-0.2, 0) is 0 Å².